The topological polar surface area (TPSA) is 3.24 Å². The molecule has 0 saturated heterocycles. The predicted molar refractivity (Wildman–Crippen MR) is 123 cm³/mol. The van der Waals surface area contributed by atoms with E-state index in [4.69, 9.17) is 0 Å². The molecule has 3 aromatic carbocycles. The maximum absolute atomic E-state index is 2.36. The molecule has 0 aliphatic carbocycles. The van der Waals surface area contributed by atoms with Crippen molar-refractivity contribution >= 4 is 17.1 Å². The molecule has 146 valence electrons. The van der Waals surface area contributed by atoms with Crippen LogP contribution >= 0.6 is 0 Å². The van der Waals surface area contributed by atoms with Gasteiger partial charge in [0.05, 0.1) is 0 Å². The van der Waals surface area contributed by atoms with E-state index in [-0.39, 0.29) is 0 Å². The van der Waals surface area contributed by atoms with Gasteiger partial charge in [-0.3, -0.25) is 0 Å². The van der Waals surface area contributed by atoms with Crippen LogP contribution in [-0.4, -0.2) is 0 Å². The molecule has 1 nitrogen and oxygen atoms in total. The number of aryl methyl sites for hydroxylation is 2. The Morgan fingerprint density at radius 2 is 1.04 bits per heavy atom. The molecule has 0 spiro atoms. The zero-order valence-electron chi connectivity index (χ0n) is 18.2. The van der Waals surface area contributed by atoms with Crippen molar-refractivity contribution in [1.29, 1.82) is 0 Å². The van der Waals surface area contributed by atoms with E-state index in [1.165, 1.54) is 40.2 Å². The minimum Gasteiger partial charge on any atom is -0.311 e. The summed E-state index contributed by atoms with van der Waals surface area (Å²) in [5, 5.41) is 0. The Morgan fingerprint density at radius 1 is 0.679 bits per heavy atom. The van der Waals surface area contributed by atoms with Crippen molar-refractivity contribution in [3.8, 4) is 0 Å². The van der Waals surface area contributed by atoms with Crippen LogP contribution in [0.1, 0.15) is 56.7 Å². The van der Waals surface area contributed by atoms with Crippen molar-refractivity contribution in [3.05, 3.63) is 89.5 Å². The summed E-state index contributed by atoms with van der Waals surface area (Å²) in [5.74, 6) is 0.527. The van der Waals surface area contributed by atoms with Gasteiger partial charge in [-0.2, -0.15) is 0 Å². The Kier molecular flexibility index (Phi) is 5.93. The molecule has 0 heterocycles. The van der Waals surface area contributed by atoms with Gasteiger partial charge in [0.2, 0.25) is 0 Å². The van der Waals surface area contributed by atoms with E-state index in [1.54, 1.807) is 0 Å². The van der Waals surface area contributed by atoms with Crippen molar-refractivity contribution < 1.29 is 0 Å². The normalized spacial score (nSPS) is 12.6. The van der Waals surface area contributed by atoms with Crippen LogP contribution in [0, 0.1) is 19.3 Å². The summed E-state index contributed by atoms with van der Waals surface area (Å²) in [6, 6.07) is 26.6. The average molecular weight is 372 g/mol. The molecule has 0 aliphatic heterocycles. The molecule has 0 radical (unpaired) electrons. The van der Waals surface area contributed by atoms with Crippen molar-refractivity contribution in [2.75, 3.05) is 4.90 Å². The van der Waals surface area contributed by atoms with Gasteiger partial charge in [0.1, 0.15) is 0 Å². The monoisotopic (exact) mass is 371 g/mol. The summed E-state index contributed by atoms with van der Waals surface area (Å²) in [4.78, 5) is 2.33. The summed E-state index contributed by atoms with van der Waals surface area (Å²) in [6.07, 6.45) is 1.18. The second kappa shape index (κ2) is 8.22. The summed E-state index contributed by atoms with van der Waals surface area (Å²) >= 11 is 0. The highest BCUT2D eigenvalue weighted by Gasteiger charge is 2.25. The summed E-state index contributed by atoms with van der Waals surface area (Å²) < 4.78 is 0. The lowest BCUT2D eigenvalue weighted by molar-refractivity contribution is 0.289. The van der Waals surface area contributed by atoms with E-state index in [2.05, 4.69) is 119 Å². The van der Waals surface area contributed by atoms with Crippen LogP contribution in [0.25, 0.3) is 0 Å². The van der Waals surface area contributed by atoms with Gasteiger partial charge in [0, 0.05) is 17.1 Å². The van der Waals surface area contributed by atoms with Gasteiger partial charge < -0.3 is 4.90 Å². The van der Waals surface area contributed by atoms with Crippen molar-refractivity contribution in [1.82, 2.24) is 0 Å². The molecule has 1 unspecified atom stereocenters. The third-order valence-electron chi connectivity index (χ3n) is 6.32. The third kappa shape index (κ3) is 4.30. The van der Waals surface area contributed by atoms with Crippen molar-refractivity contribution in [2.24, 2.45) is 5.41 Å². The van der Waals surface area contributed by atoms with Gasteiger partial charge in [-0.15, -0.1) is 0 Å². The first kappa shape index (κ1) is 20.2. The van der Waals surface area contributed by atoms with Gasteiger partial charge in [-0.05, 0) is 67.1 Å². The number of hydrogen-bond donors (Lipinski definition) is 0. The largest absolute Gasteiger partial charge is 0.311 e. The van der Waals surface area contributed by atoms with E-state index in [9.17, 15) is 0 Å². The standard InChI is InChI=1S/C27H33N/c1-7-27(5,6)22(4)23-12-18-26(19-13-23)28(24-14-8-20(2)9-15-24)25-16-10-21(3)11-17-25/h8-19,22H,7H2,1-6H3. The smallest absolute Gasteiger partial charge is 0.0461 e. The van der Waals surface area contributed by atoms with E-state index in [0.29, 0.717) is 11.3 Å². The molecule has 28 heavy (non-hydrogen) atoms. The molecule has 3 rings (SSSR count). The van der Waals surface area contributed by atoms with Crippen LogP contribution < -0.4 is 4.90 Å². The highest BCUT2D eigenvalue weighted by Crippen LogP contribution is 2.40. The van der Waals surface area contributed by atoms with Crippen LogP contribution in [0.15, 0.2) is 72.8 Å². The summed E-state index contributed by atoms with van der Waals surface area (Å²) in [7, 11) is 0. The van der Waals surface area contributed by atoms with Gasteiger partial charge in [0.25, 0.3) is 0 Å². The van der Waals surface area contributed by atoms with E-state index in [0.717, 1.165) is 0 Å². The Morgan fingerprint density at radius 3 is 1.39 bits per heavy atom. The second-order valence-corrected chi connectivity index (χ2v) is 8.66. The predicted octanol–water partition coefficient (Wildman–Crippen LogP) is 8.31. The zero-order chi connectivity index (χ0) is 20.3. The van der Waals surface area contributed by atoms with Gasteiger partial charge in [-0.1, -0.05) is 81.6 Å². The minimum atomic E-state index is 0.301. The van der Waals surface area contributed by atoms with Crippen LogP contribution in [0.3, 0.4) is 0 Å². The fourth-order valence-electron chi connectivity index (χ4n) is 3.50. The molecule has 0 aromatic heterocycles. The molecule has 1 heteroatoms. The number of benzene rings is 3. The fourth-order valence-corrected chi connectivity index (χ4v) is 3.50. The van der Waals surface area contributed by atoms with Crippen molar-refractivity contribution in [3.63, 3.8) is 0 Å². The molecular formula is C27H33N. The zero-order valence-corrected chi connectivity index (χ0v) is 18.2. The minimum absolute atomic E-state index is 0.301. The first-order valence-corrected chi connectivity index (χ1v) is 10.4. The number of hydrogen-bond acceptors (Lipinski definition) is 1. The van der Waals surface area contributed by atoms with E-state index >= 15 is 0 Å². The van der Waals surface area contributed by atoms with Gasteiger partial charge in [0.15, 0.2) is 0 Å². The molecular weight excluding hydrogens is 338 g/mol. The first-order valence-electron chi connectivity index (χ1n) is 10.4. The highest BCUT2D eigenvalue weighted by atomic mass is 15.1. The number of rotatable bonds is 6. The Hall–Kier alpha value is -2.54. The summed E-state index contributed by atoms with van der Waals surface area (Å²) in [6.45, 7) is 13.6. The van der Waals surface area contributed by atoms with Gasteiger partial charge in [-0.25, -0.2) is 0 Å². The fraction of sp³-hybridized carbons (Fsp3) is 0.333. The maximum atomic E-state index is 2.36. The Labute approximate surface area is 171 Å². The van der Waals surface area contributed by atoms with Gasteiger partial charge >= 0.3 is 0 Å². The number of nitrogens with zero attached hydrogens (tertiary/aromatic N) is 1. The molecule has 0 bridgehead atoms. The molecule has 0 N–H and O–H groups in total. The molecule has 3 aromatic rings. The summed E-state index contributed by atoms with van der Waals surface area (Å²) in [5.41, 5.74) is 7.82. The van der Waals surface area contributed by atoms with E-state index < -0.39 is 0 Å². The molecule has 0 fully saturated rings. The first-order chi connectivity index (χ1) is 13.3. The van der Waals surface area contributed by atoms with Crippen LogP contribution in [0.5, 0.6) is 0 Å². The lowest BCUT2D eigenvalue weighted by Crippen LogP contribution is -2.18. The highest BCUT2D eigenvalue weighted by molar-refractivity contribution is 5.76. The Balaban J connectivity index is 2.01. The molecule has 0 saturated carbocycles. The van der Waals surface area contributed by atoms with Crippen LogP contribution in [0.4, 0.5) is 17.1 Å². The number of anilines is 3. The maximum Gasteiger partial charge on any atom is 0.0461 e. The third-order valence-corrected chi connectivity index (χ3v) is 6.32. The molecule has 0 amide bonds. The van der Waals surface area contributed by atoms with Crippen molar-refractivity contribution in [2.45, 2.75) is 53.9 Å². The average Bonchev–Trinajstić information content (AvgIpc) is 2.71. The molecule has 1 atom stereocenters. The second-order valence-electron chi connectivity index (χ2n) is 8.66. The quantitative estimate of drug-likeness (QED) is 0.421. The lowest BCUT2D eigenvalue weighted by atomic mass is 9.74. The van der Waals surface area contributed by atoms with Crippen LogP contribution in [-0.2, 0) is 0 Å². The SMILES string of the molecule is CCC(C)(C)C(C)c1ccc(N(c2ccc(C)cc2)c2ccc(C)cc2)cc1. The van der Waals surface area contributed by atoms with E-state index in [1.807, 2.05) is 0 Å². The Bertz CT molecular complexity index is 841. The molecule has 0 aliphatic rings. The lowest BCUT2D eigenvalue weighted by Gasteiger charge is -2.32. The van der Waals surface area contributed by atoms with Crippen LogP contribution in [0.2, 0.25) is 0 Å².